The summed E-state index contributed by atoms with van der Waals surface area (Å²) in [5, 5.41) is 0. The first-order valence-electron chi connectivity index (χ1n) is 5.09. The summed E-state index contributed by atoms with van der Waals surface area (Å²) in [6, 6.07) is 1.87. The Morgan fingerprint density at radius 2 is 2.25 bits per heavy atom. The Morgan fingerprint density at radius 3 is 2.62 bits per heavy atom. The number of rotatable bonds is 4. The van der Waals surface area contributed by atoms with E-state index in [-0.39, 0.29) is 11.4 Å². The molecular weight excluding hydrogens is 356 g/mol. The van der Waals surface area contributed by atoms with Crippen molar-refractivity contribution in [2.75, 3.05) is 7.11 Å². The van der Waals surface area contributed by atoms with Crippen LogP contribution < -0.4 is 0 Å². The van der Waals surface area contributed by atoms with Crippen molar-refractivity contribution < 1.29 is 9.53 Å². The van der Waals surface area contributed by atoms with Crippen molar-refractivity contribution >= 4 is 49.0 Å². The molecule has 1 aliphatic carbocycles. The summed E-state index contributed by atoms with van der Waals surface area (Å²) in [6.07, 6.45) is 3.67. The molecule has 0 aliphatic heterocycles. The van der Waals surface area contributed by atoms with E-state index in [1.54, 1.807) is 7.11 Å². The van der Waals surface area contributed by atoms with E-state index in [1.165, 1.54) is 17.8 Å². The SMILES string of the molecule is COC1(CC(=O)c2cc(Br)c(Br)s2)CCC1. The summed E-state index contributed by atoms with van der Waals surface area (Å²) in [5.74, 6) is 0.179. The van der Waals surface area contributed by atoms with Crippen LogP contribution in [0.5, 0.6) is 0 Å². The van der Waals surface area contributed by atoms with E-state index in [0.717, 1.165) is 26.0 Å². The van der Waals surface area contributed by atoms with E-state index in [0.29, 0.717) is 6.42 Å². The Bertz CT molecular complexity index is 385. The third kappa shape index (κ3) is 2.42. The van der Waals surface area contributed by atoms with Gasteiger partial charge in [-0.3, -0.25) is 4.79 Å². The molecule has 0 radical (unpaired) electrons. The molecule has 0 spiro atoms. The number of Topliss-reactive ketones (excluding diaryl/α,β-unsaturated/α-hetero) is 1. The number of halogens is 2. The van der Waals surface area contributed by atoms with Gasteiger partial charge in [0.1, 0.15) is 0 Å². The average molecular weight is 368 g/mol. The van der Waals surface area contributed by atoms with E-state index in [9.17, 15) is 4.79 Å². The summed E-state index contributed by atoms with van der Waals surface area (Å²) in [4.78, 5) is 12.9. The minimum atomic E-state index is -0.181. The van der Waals surface area contributed by atoms with Crippen LogP contribution in [0.2, 0.25) is 0 Å². The standard InChI is InChI=1S/C11H12Br2O2S/c1-15-11(3-2-4-11)6-8(14)9-5-7(12)10(13)16-9/h5H,2-4,6H2,1H3. The van der Waals surface area contributed by atoms with Crippen molar-refractivity contribution in [3.63, 3.8) is 0 Å². The van der Waals surface area contributed by atoms with Crippen molar-refractivity contribution in [3.05, 3.63) is 19.2 Å². The van der Waals surface area contributed by atoms with Gasteiger partial charge in [-0.15, -0.1) is 11.3 Å². The molecule has 0 aromatic carbocycles. The molecule has 0 unspecified atom stereocenters. The Hall–Kier alpha value is 0.290. The van der Waals surface area contributed by atoms with Gasteiger partial charge in [-0.2, -0.15) is 0 Å². The van der Waals surface area contributed by atoms with Crippen LogP contribution in [0.3, 0.4) is 0 Å². The molecule has 0 amide bonds. The Labute approximate surface area is 116 Å². The highest BCUT2D eigenvalue weighted by Gasteiger charge is 2.39. The molecule has 1 saturated carbocycles. The van der Waals surface area contributed by atoms with E-state index >= 15 is 0 Å². The first kappa shape index (κ1) is 12.7. The third-order valence-corrected chi connectivity index (χ3v) is 6.40. The van der Waals surface area contributed by atoms with Crippen molar-refractivity contribution in [2.45, 2.75) is 31.3 Å². The van der Waals surface area contributed by atoms with Gasteiger partial charge in [0.05, 0.1) is 14.3 Å². The van der Waals surface area contributed by atoms with Gasteiger partial charge in [0.15, 0.2) is 5.78 Å². The number of hydrogen-bond donors (Lipinski definition) is 0. The van der Waals surface area contributed by atoms with Crippen molar-refractivity contribution in [1.29, 1.82) is 0 Å². The average Bonchev–Trinajstić information content (AvgIpc) is 2.53. The number of hydrogen-bond acceptors (Lipinski definition) is 3. The van der Waals surface area contributed by atoms with Gasteiger partial charge in [-0.05, 0) is 57.2 Å². The van der Waals surface area contributed by atoms with Crippen LogP contribution >= 0.6 is 43.2 Å². The lowest BCUT2D eigenvalue weighted by atomic mass is 9.76. The van der Waals surface area contributed by atoms with E-state index in [4.69, 9.17) is 4.74 Å². The smallest absolute Gasteiger partial charge is 0.175 e. The van der Waals surface area contributed by atoms with Crippen LogP contribution in [-0.2, 0) is 4.74 Å². The van der Waals surface area contributed by atoms with Gasteiger partial charge in [0.25, 0.3) is 0 Å². The zero-order valence-electron chi connectivity index (χ0n) is 8.89. The van der Waals surface area contributed by atoms with E-state index < -0.39 is 0 Å². The summed E-state index contributed by atoms with van der Waals surface area (Å²) >= 11 is 8.27. The van der Waals surface area contributed by atoms with Crippen molar-refractivity contribution in [3.8, 4) is 0 Å². The highest BCUT2D eigenvalue weighted by atomic mass is 79.9. The van der Waals surface area contributed by atoms with Crippen molar-refractivity contribution in [1.82, 2.24) is 0 Å². The summed E-state index contributed by atoms with van der Waals surface area (Å²) < 4.78 is 7.38. The van der Waals surface area contributed by atoms with Crippen LogP contribution in [0.25, 0.3) is 0 Å². The number of carbonyl (C=O) groups excluding carboxylic acids is 1. The fourth-order valence-electron chi connectivity index (χ4n) is 1.89. The monoisotopic (exact) mass is 366 g/mol. The van der Waals surface area contributed by atoms with Crippen LogP contribution in [0, 0.1) is 0 Å². The van der Waals surface area contributed by atoms with Crippen molar-refractivity contribution in [2.24, 2.45) is 0 Å². The first-order chi connectivity index (χ1) is 7.56. The van der Waals surface area contributed by atoms with E-state index in [1.807, 2.05) is 6.07 Å². The second-order valence-corrected chi connectivity index (χ2v) is 7.30. The number of ether oxygens (including phenoxy) is 1. The molecule has 0 atom stereocenters. The predicted molar refractivity (Wildman–Crippen MR) is 72.3 cm³/mol. The Balaban J connectivity index is 2.08. The third-order valence-electron chi connectivity index (χ3n) is 3.10. The molecule has 0 bridgehead atoms. The zero-order chi connectivity index (χ0) is 11.8. The maximum atomic E-state index is 12.1. The van der Waals surface area contributed by atoms with Gasteiger partial charge in [0.2, 0.25) is 0 Å². The lowest BCUT2D eigenvalue weighted by molar-refractivity contribution is -0.0704. The summed E-state index contributed by atoms with van der Waals surface area (Å²) in [5.41, 5.74) is -0.181. The van der Waals surface area contributed by atoms with Crippen LogP contribution in [-0.4, -0.2) is 18.5 Å². The predicted octanol–water partition coefficient (Wildman–Crippen LogP) is 4.42. The van der Waals surface area contributed by atoms with Gasteiger partial charge in [-0.25, -0.2) is 0 Å². The quantitative estimate of drug-likeness (QED) is 0.736. The van der Waals surface area contributed by atoms with Crippen LogP contribution in [0.4, 0.5) is 0 Å². The first-order valence-corrected chi connectivity index (χ1v) is 7.50. The number of ketones is 1. The topological polar surface area (TPSA) is 26.3 Å². The van der Waals surface area contributed by atoms with Crippen LogP contribution in [0.1, 0.15) is 35.4 Å². The summed E-state index contributed by atoms with van der Waals surface area (Å²) in [7, 11) is 1.70. The minimum absolute atomic E-state index is 0.179. The molecular formula is C11H12Br2O2S. The summed E-state index contributed by atoms with van der Waals surface area (Å²) in [6.45, 7) is 0. The second-order valence-electron chi connectivity index (χ2n) is 4.07. The molecule has 0 N–H and O–H groups in total. The maximum Gasteiger partial charge on any atom is 0.175 e. The number of carbonyl (C=O) groups is 1. The highest BCUT2D eigenvalue weighted by Crippen LogP contribution is 2.40. The Kier molecular flexibility index (Phi) is 3.89. The molecule has 2 nitrogen and oxygen atoms in total. The van der Waals surface area contributed by atoms with Gasteiger partial charge < -0.3 is 4.74 Å². The molecule has 1 aromatic heterocycles. The zero-order valence-corrected chi connectivity index (χ0v) is 12.9. The Morgan fingerprint density at radius 1 is 1.56 bits per heavy atom. The number of methoxy groups -OCH3 is 1. The maximum absolute atomic E-state index is 12.1. The minimum Gasteiger partial charge on any atom is -0.378 e. The lowest BCUT2D eigenvalue weighted by Crippen LogP contribution is -2.41. The molecule has 16 heavy (non-hydrogen) atoms. The highest BCUT2D eigenvalue weighted by molar-refractivity contribution is 9.13. The molecule has 88 valence electrons. The number of thiophene rings is 1. The molecule has 1 fully saturated rings. The molecule has 0 saturated heterocycles. The molecule has 1 aromatic rings. The largest absolute Gasteiger partial charge is 0.378 e. The molecule has 2 rings (SSSR count). The molecule has 1 heterocycles. The molecule has 1 aliphatic rings. The lowest BCUT2D eigenvalue weighted by Gasteiger charge is -2.39. The van der Waals surface area contributed by atoms with Gasteiger partial charge in [-0.1, -0.05) is 0 Å². The van der Waals surface area contributed by atoms with Gasteiger partial charge in [0, 0.05) is 18.0 Å². The van der Waals surface area contributed by atoms with Gasteiger partial charge >= 0.3 is 0 Å². The normalized spacial score (nSPS) is 18.2. The second kappa shape index (κ2) is 4.88. The van der Waals surface area contributed by atoms with Crippen LogP contribution in [0.15, 0.2) is 14.3 Å². The van der Waals surface area contributed by atoms with E-state index in [2.05, 4.69) is 31.9 Å². The fraction of sp³-hybridized carbons (Fsp3) is 0.545. The fourth-order valence-corrected chi connectivity index (χ4v) is 3.86. The molecule has 5 heteroatoms.